The molecular weight excluding hydrogens is 488 g/mol. The summed E-state index contributed by atoms with van der Waals surface area (Å²) < 4.78 is 6.14. The number of halogens is 1. The zero-order valence-corrected chi connectivity index (χ0v) is 18.9. The maximum atomic E-state index is 13.5. The van der Waals surface area contributed by atoms with Crippen LogP contribution in [0.25, 0.3) is 11.3 Å². The molecule has 1 unspecified atom stereocenters. The minimum Gasteiger partial charge on any atom is -0.497 e. The van der Waals surface area contributed by atoms with Crippen molar-refractivity contribution in [3.8, 4) is 17.0 Å². The van der Waals surface area contributed by atoms with E-state index in [0.29, 0.717) is 22.8 Å². The van der Waals surface area contributed by atoms with Crippen LogP contribution in [-0.2, 0) is 0 Å². The number of H-pyrrole nitrogens is 1. The van der Waals surface area contributed by atoms with Gasteiger partial charge in [0.05, 0.1) is 23.8 Å². The number of nitrogens with one attached hydrogen (secondary N) is 1. The average Bonchev–Trinajstić information content (AvgIpc) is 3.39. The van der Waals surface area contributed by atoms with Crippen LogP contribution in [0.2, 0.25) is 0 Å². The molecule has 5 rings (SSSR count). The molecule has 1 aliphatic heterocycles. The molecule has 1 aliphatic rings. The Kier molecular flexibility index (Phi) is 5.18. The number of aromatic nitrogens is 2. The minimum absolute atomic E-state index is 0.0129. The Morgan fingerprint density at radius 2 is 1.70 bits per heavy atom. The summed E-state index contributed by atoms with van der Waals surface area (Å²) in [4.78, 5) is 25.9. The van der Waals surface area contributed by atoms with E-state index in [4.69, 9.17) is 4.74 Å². The van der Waals surface area contributed by atoms with Crippen molar-refractivity contribution in [1.82, 2.24) is 10.2 Å². The Bertz CT molecular complexity index is 1350. The van der Waals surface area contributed by atoms with E-state index in [1.807, 2.05) is 48.5 Å². The molecule has 3 aromatic carbocycles. The third-order valence-corrected chi connectivity index (χ3v) is 6.18. The number of carbonyl (C=O) groups excluding carboxylic acids is 1. The van der Waals surface area contributed by atoms with Crippen LogP contribution in [0, 0.1) is 10.1 Å². The van der Waals surface area contributed by atoms with Crippen LogP contribution in [0.3, 0.4) is 0 Å². The van der Waals surface area contributed by atoms with Gasteiger partial charge in [-0.2, -0.15) is 5.10 Å². The number of methoxy groups -OCH3 is 1. The lowest BCUT2D eigenvalue weighted by Crippen LogP contribution is -2.29. The second-order valence-corrected chi connectivity index (χ2v) is 8.41. The molecular formula is C24H17BrN4O4. The lowest BCUT2D eigenvalue weighted by Gasteiger charge is -2.26. The van der Waals surface area contributed by atoms with Crippen molar-refractivity contribution in [2.24, 2.45) is 0 Å². The number of hydrogen-bond acceptors (Lipinski definition) is 5. The number of hydrogen-bond donors (Lipinski definition) is 1. The molecule has 4 aromatic rings. The predicted octanol–water partition coefficient (Wildman–Crippen LogP) is 5.51. The molecule has 33 heavy (non-hydrogen) atoms. The first-order valence-electron chi connectivity index (χ1n) is 10.0. The van der Waals surface area contributed by atoms with E-state index in [-0.39, 0.29) is 11.6 Å². The Hall–Kier alpha value is -3.98. The van der Waals surface area contributed by atoms with Crippen molar-refractivity contribution >= 4 is 33.2 Å². The number of nitro benzene ring substituents is 1. The van der Waals surface area contributed by atoms with Crippen LogP contribution in [0.5, 0.6) is 5.75 Å². The zero-order valence-electron chi connectivity index (χ0n) is 17.4. The molecule has 164 valence electrons. The van der Waals surface area contributed by atoms with Gasteiger partial charge >= 0.3 is 0 Å². The van der Waals surface area contributed by atoms with Gasteiger partial charge in [0.1, 0.15) is 11.4 Å². The van der Waals surface area contributed by atoms with Crippen LogP contribution in [0.4, 0.5) is 11.4 Å². The second-order valence-electron chi connectivity index (χ2n) is 7.49. The lowest BCUT2D eigenvalue weighted by atomic mass is 9.95. The molecule has 2 heterocycles. The highest BCUT2D eigenvalue weighted by molar-refractivity contribution is 9.10. The number of ether oxygens (including phenoxy) is 1. The van der Waals surface area contributed by atoms with Crippen molar-refractivity contribution < 1.29 is 14.5 Å². The normalized spacial score (nSPS) is 14.9. The van der Waals surface area contributed by atoms with E-state index in [1.165, 1.54) is 12.1 Å². The molecule has 0 saturated heterocycles. The maximum Gasteiger partial charge on any atom is 0.277 e. The number of anilines is 1. The summed E-state index contributed by atoms with van der Waals surface area (Å²) in [7, 11) is 1.60. The molecule has 0 saturated carbocycles. The molecule has 8 nitrogen and oxygen atoms in total. The van der Waals surface area contributed by atoms with Gasteiger partial charge in [-0.05, 0) is 66.2 Å². The molecule has 1 aromatic heterocycles. The predicted molar refractivity (Wildman–Crippen MR) is 126 cm³/mol. The van der Waals surface area contributed by atoms with Gasteiger partial charge in [0.2, 0.25) is 0 Å². The van der Waals surface area contributed by atoms with Crippen molar-refractivity contribution in [2.75, 3.05) is 12.0 Å². The number of nitrogens with zero attached hydrogens (tertiary/aromatic N) is 3. The smallest absolute Gasteiger partial charge is 0.277 e. The Morgan fingerprint density at radius 1 is 1.03 bits per heavy atom. The number of nitro groups is 1. The summed E-state index contributed by atoms with van der Waals surface area (Å²) in [6.07, 6.45) is 0. The molecule has 0 bridgehead atoms. The van der Waals surface area contributed by atoms with Crippen LogP contribution in [0.1, 0.15) is 27.7 Å². The van der Waals surface area contributed by atoms with E-state index in [2.05, 4.69) is 26.1 Å². The zero-order chi connectivity index (χ0) is 23.1. The monoisotopic (exact) mass is 504 g/mol. The highest BCUT2D eigenvalue weighted by atomic mass is 79.9. The third-order valence-electron chi connectivity index (χ3n) is 5.66. The largest absolute Gasteiger partial charge is 0.497 e. The van der Waals surface area contributed by atoms with Crippen LogP contribution in [-0.4, -0.2) is 28.1 Å². The van der Waals surface area contributed by atoms with E-state index >= 15 is 0 Å². The molecule has 0 aliphatic carbocycles. The summed E-state index contributed by atoms with van der Waals surface area (Å²) in [5, 5.41) is 18.5. The summed E-state index contributed by atoms with van der Waals surface area (Å²) in [5.41, 5.74) is 4.02. The fraction of sp³-hybridized carbons (Fsp3) is 0.0833. The van der Waals surface area contributed by atoms with Crippen LogP contribution >= 0.6 is 15.9 Å². The first-order valence-corrected chi connectivity index (χ1v) is 10.8. The summed E-state index contributed by atoms with van der Waals surface area (Å²) in [6.45, 7) is 0. The van der Waals surface area contributed by atoms with Gasteiger partial charge in [0, 0.05) is 33.4 Å². The van der Waals surface area contributed by atoms with Crippen LogP contribution in [0.15, 0.2) is 77.3 Å². The Balaban J connectivity index is 1.68. The molecule has 0 spiro atoms. The Morgan fingerprint density at radius 3 is 2.30 bits per heavy atom. The quantitative estimate of drug-likeness (QED) is 0.285. The number of non-ortho nitro benzene ring substituents is 1. The second kappa shape index (κ2) is 8.18. The van der Waals surface area contributed by atoms with Gasteiger partial charge in [-0.3, -0.25) is 24.9 Å². The highest BCUT2D eigenvalue weighted by Gasteiger charge is 2.43. The SMILES string of the molecule is COc1ccc(-c2n[nH]c3c2C(c2ccc([N+](=O)[O-])cc2)N(c2ccc(Br)cc2)C3=O)cc1. The Labute approximate surface area is 197 Å². The molecule has 9 heteroatoms. The van der Waals surface area contributed by atoms with E-state index in [9.17, 15) is 14.9 Å². The fourth-order valence-electron chi connectivity index (χ4n) is 4.08. The van der Waals surface area contributed by atoms with Gasteiger partial charge in [-0.15, -0.1) is 0 Å². The highest BCUT2D eigenvalue weighted by Crippen LogP contribution is 2.45. The number of rotatable bonds is 5. The van der Waals surface area contributed by atoms with Gasteiger partial charge in [-0.25, -0.2) is 0 Å². The third kappa shape index (κ3) is 3.56. The summed E-state index contributed by atoms with van der Waals surface area (Å²) >= 11 is 3.43. The van der Waals surface area contributed by atoms with Crippen molar-refractivity contribution in [2.45, 2.75) is 6.04 Å². The molecule has 1 N–H and O–H groups in total. The fourth-order valence-corrected chi connectivity index (χ4v) is 4.34. The number of carbonyl (C=O) groups is 1. The number of aromatic amines is 1. The van der Waals surface area contributed by atoms with Gasteiger partial charge in [-0.1, -0.05) is 15.9 Å². The molecule has 1 amide bonds. The molecule has 0 fully saturated rings. The maximum absolute atomic E-state index is 13.5. The first kappa shape index (κ1) is 20.9. The molecule has 1 atom stereocenters. The average molecular weight is 505 g/mol. The van der Waals surface area contributed by atoms with Crippen molar-refractivity contribution in [3.63, 3.8) is 0 Å². The van der Waals surface area contributed by atoms with Crippen LogP contribution < -0.4 is 9.64 Å². The van der Waals surface area contributed by atoms with E-state index < -0.39 is 11.0 Å². The number of fused-ring (bicyclic) bond motifs is 1. The topological polar surface area (TPSA) is 101 Å². The van der Waals surface area contributed by atoms with Gasteiger partial charge < -0.3 is 4.74 Å². The van der Waals surface area contributed by atoms with Crippen molar-refractivity contribution in [3.05, 3.63) is 104 Å². The van der Waals surface area contributed by atoms with Crippen molar-refractivity contribution in [1.29, 1.82) is 0 Å². The lowest BCUT2D eigenvalue weighted by molar-refractivity contribution is -0.384. The summed E-state index contributed by atoms with van der Waals surface area (Å²) in [6, 6.07) is 20.6. The first-order chi connectivity index (χ1) is 16.0. The van der Waals surface area contributed by atoms with E-state index in [0.717, 1.165) is 21.2 Å². The number of amides is 1. The number of benzene rings is 3. The minimum atomic E-state index is -0.509. The molecule has 0 radical (unpaired) electrons. The summed E-state index contributed by atoms with van der Waals surface area (Å²) in [5.74, 6) is 0.494. The van der Waals surface area contributed by atoms with Gasteiger partial charge in [0.25, 0.3) is 11.6 Å². The van der Waals surface area contributed by atoms with Gasteiger partial charge in [0.15, 0.2) is 0 Å². The standard InChI is InChI=1S/C24H17BrN4O4/c1-33-19-12-4-14(5-13-19)21-20-22(27-26-21)24(30)28(17-10-6-16(25)7-11-17)23(20)15-2-8-18(9-3-15)29(31)32/h2-13,23H,1H3,(H,26,27). The van der Waals surface area contributed by atoms with E-state index in [1.54, 1.807) is 24.1 Å².